The molecule has 0 saturated carbocycles. The molecule has 0 aliphatic heterocycles. The van der Waals surface area contributed by atoms with E-state index in [0.717, 1.165) is 10.5 Å². The predicted molar refractivity (Wildman–Crippen MR) is 101 cm³/mol. The minimum absolute atomic E-state index is 0.0234. The number of carbonyl (C=O) groups excluding carboxylic acids is 1. The van der Waals surface area contributed by atoms with Crippen LogP contribution >= 0.6 is 15.9 Å². The van der Waals surface area contributed by atoms with E-state index in [-0.39, 0.29) is 22.6 Å². The average Bonchev–Trinajstić information content (AvgIpc) is 2.65. The van der Waals surface area contributed by atoms with Gasteiger partial charge in [0.15, 0.2) is 5.84 Å². The van der Waals surface area contributed by atoms with Gasteiger partial charge in [0.1, 0.15) is 11.1 Å². The van der Waals surface area contributed by atoms with Gasteiger partial charge < -0.3 is 10.2 Å². The highest BCUT2D eigenvalue weighted by Crippen LogP contribution is 2.19. The Bertz CT molecular complexity index is 1160. The minimum atomic E-state index is -0.713. The van der Waals surface area contributed by atoms with E-state index in [1.807, 2.05) is 0 Å². The van der Waals surface area contributed by atoms with Crippen molar-refractivity contribution in [3.8, 4) is 0 Å². The second-order valence-electron chi connectivity index (χ2n) is 5.38. The Morgan fingerprint density at radius 3 is 2.74 bits per heavy atom. The van der Waals surface area contributed by atoms with Gasteiger partial charge in [-0.15, -0.1) is 0 Å². The van der Waals surface area contributed by atoms with E-state index in [1.165, 1.54) is 24.3 Å². The van der Waals surface area contributed by atoms with Crippen molar-refractivity contribution in [1.29, 1.82) is 0 Å². The fourth-order valence-electron chi connectivity index (χ4n) is 2.27. The van der Waals surface area contributed by atoms with E-state index in [9.17, 15) is 19.7 Å². The number of fused-ring (bicyclic) bond motifs is 1. The van der Waals surface area contributed by atoms with E-state index < -0.39 is 16.5 Å². The Labute approximate surface area is 159 Å². The Kier molecular flexibility index (Phi) is 4.99. The molecule has 3 aromatic rings. The third-order valence-electron chi connectivity index (χ3n) is 3.57. The number of hydrogen-bond donors (Lipinski definition) is 2. The number of nitro groups is 1. The number of nitrogens with two attached hydrogens (primary N) is 1. The first-order valence-electron chi connectivity index (χ1n) is 7.47. The van der Waals surface area contributed by atoms with Crippen LogP contribution in [0.4, 0.5) is 5.69 Å². The molecule has 0 aliphatic carbocycles. The molecule has 3 rings (SSSR count). The topological polar surface area (TPSA) is 141 Å². The van der Waals surface area contributed by atoms with E-state index in [1.54, 1.807) is 18.2 Å². The highest BCUT2D eigenvalue weighted by molar-refractivity contribution is 9.10. The zero-order valence-corrected chi connectivity index (χ0v) is 15.1. The number of nitrogens with zero attached hydrogens (tertiary/aromatic N) is 2. The number of rotatable bonds is 4. The SMILES string of the molecule is N/C(=N/NC(=O)c1cccc([N+](=O)[O-])c1)c1cc2cc(Br)ccc2oc1=O. The van der Waals surface area contributed by atoms with E-state index >= 15 is 0 Å². The third kappa shape index (κ3) is 4.01. The summed E-state index contributed by atoms with van der Waals surface area (Å²) in [7, 11) is 0. The van der Waals surface area contributed by atoms with Gasteiger partial charge >= 0.3 is 5.63 Å². The Morgan fingerprint density at radius 1 is 1.22 bits per heavy atom. The van der Waals surface area contributed by atoms with Gasteiger partial charge in [0.05, 0.1) is 4.92 Å². The zero-order chi connectivity index (χ0) is 19.6. The fourth-order valence-corrected chi connectivity index (χ4v) is 2.65. The van der Waals surface area contributed by atoms with Crippen molar-refractivity contribution < 1.29 is 14.1 Å². The summed E-state index contributed by atoms with van der Waals surface area (Å²) >= 11 is 3.32. The van der Waals surface area contributed by atoms with Gasteiger partial charge in [0.2, 0.25) is 0 Å². The molecule has 0 saturated heterocycles. The molecule has 136 valence electrons. The molecule has 3 N–H and O–H groups in total. The average molecular weight is 431 g/mol. The lowest BCUT2D eigenvalue weighted by Crippen LogP contribution is -2.27. The number of halogens is 1. The first-order valence-corrected chi connectivity index (χ1v) is 8.26. The standard InChI is InChI=1S/C17H11BrN4O5/c18-11-4-5-14-10(6-11)8-13(17(24)27-14)15(19)20-21-16(23)9-2-1-3-12(7-9)22(25)26/h1-8H,(H2,19,20)(H,21,23). The molecule has 0 aliphatic rings. The van der Waals surface area contributed by atoms with Crippen LogP contribution in [-0.2, 0) is 0 Å². The Morgan fingerprint density at radius 2 is 2.00 bits per heavy atom. The summed E-state index contributed by atoms with van der Waals surface area (Å²) in [6.45, 7) is 0. The van der Waals surface area contributed by atoms with E-state index in [2.05, 4.69) is 26.5 Å². The summed E-state index contributed by atoms with van der Waals surface area (Å²) in [6, 6.07) is 11.7. The minimum Gasteiger partial charge on any atom is -0.422 e. The number of nitrogens with one attached hydrogen (secondary N) is 1. The monoisotopic (exact) mass is 430 g/mol. The van der Waals surface area contributed by atoms with Gasteiger partial charge in [0, 0.05) is 27.6 Å². The lowest BCUT2D eigenvalue weighted by molar-refractivity contribution is -0.384. The molecule has 2 aromatic carbocycles. The number of hydrogen-bond acceptors (Lipinski definition) is 6. The molecule has 1 amide bonds. The number of nitro benzene ring substituents is 1. The molecule has 0 atom stereocenters. The number of benzene rings is 2. The molecule has 0 radical (unpaired) electrons. The van der Waals surface area contributed by atoms with Crippen molar-refractivity contribution in [3.05, 3.63) is 84.7 Å². The molecule has 1 heterocycles. The number of non-ortho nitro benzene ring substituents is 1. The van der Waals surface area contributed by atoms with Gasteiger partial charge in [-0.3, -0.25) is 14.9 Å². The maximum atomic E-state index is 12.1. The van der Waals surface area contributed by atoms with Crippen molar-refractivity contribution in [1.82, 2.24) is 5.43 Å². The first kappa shape index (κ1) is 18.3. The second-order valence-corrected chi connectivity index (χ2v) is 6.29. The van der Waals surface area contributed by atoms with Crippen molar-refractivity contribution in [2.75, 3.05) is 0 Å². The van der Waals surface area contributed by atoms with Gasteiger partial charge in [-0.1, -0.05) is 22.0 Å². The molecule has 9 nitrogen and oxygen atoms in total. The van der Waals surface area contributed by atoms with Crippen molar-refractivity contribution in [2.45, 2.75) is 0 Å². The lowest BCUT2D eigenvalue weighted by atomic mass is 10.2. The summed E-state index contributed by atoms with van der Waals surface area (Å²) in [5, 5.41) is 15.1. The van der Waals surface area contributed by atoms with Crippen LogP contribution in [0.25, 0.3) is 11.0 Å². The largest absolute Gasteiger partial charge is 0.422 e. The highest BCUT2D eigenvalue weighted by atomic mass is 79.9. The summed E-state index contributed by atoms with van der Waals surface area (Å²) in [5.74, 6) is -0.973. The van der Waals surface area contributed by atoms with Gasteiger partial charge in [0.25, 0.3) is 11.6 Å². The van der Waals surface area contributed by atoms with Crippen molar-refractivity contribution in [2.24, 2.45) is 10.8 Å². The molecule has 0 spiro atoms. The van der Waals surface area contributed by atoms with Crippen LogP contribution in [0.1, 0.15) is 15.9 Å². The molecule has 0 unspecified atom stereocenters. The fraction of sp³-hybridized carbons (Fsp3) is 0. The van der Waals surface area contributed by atoms with Crippen LogP contribution < -0.4 is 16.8 Å². The van der Waals surface area contributed by atoms with Gasteiger partial charge in [-0.05, 0) is 30.3 Å². The number of amidine groups is 1. The number of amides is 1. The molecule has 10 heteroatoms. The van der Waals surface area contributed by atoms with Crippen LogP contribution in [0, 0.1) is 10.1 Å². The summed E-state index contributed by atoms with van der Waals surface area (Å²) in [6.07, 6.45) is 0. The van der Waals surface area contributed by atoms with Gasteiger partial charge in [-0.25, -0.2) is 10.2 Å². The summed E-state index contributed by atoms with van der Waals surface area (Å²) in [4.78, 5) is 34.3. The van der Waals surface area contributed by atoms with Crippen LogP contribution in [0.3, 0.4) is 0 Å². The van der Waals surface area contributed by atoms with Crippen LogP contribution in [0.5, 0.6) is 0 Å². The molecular formula is C17H11BrN4O5. The van der Waals surface area contributed by atoms with E-state index in [4.69, 9.17) is 10.2 Å². The normalized spacial score (nSPS) is 11.4. The molecule has 0 bridgehead atoms. The summed E-state index contributed by atoms with van der Waals surface area (Å²) < 4.78 is 5.96. The summed E-state index contributed by atoms with van der Waals surface area (Å²) in [5.41, 5.74) is 7.37. The Balaban J connectivity index is 1.87. The van der Waals surface area contributed by atoms with Gasteiger partial charge in [-0.2, -0.15) is 5.10 Å². The van der Waals surface area contributed by atoms with E-state index in [0.29, 0.717) is 11.0 Å². The molecular weight excluding hydrogens is 420 g/mol. The number of hydrazone groups is 1. The quantitative estimate of drug-likeness (QED) is 0.214. The first-order chi connectivity index (χ1) is 12.8. The van der Waals surface area contributed by atoms with Crippen molar-refractivity contribution in [3.63, 3.8) is 0 Å². The van der Waals surface area contributed by atoms with Crippen LogP contribution in [-0.4, -0.2) is 16.7 Å². The predicted octanol–water partition coefficient (Wildman–Crippen LogP) is 2.51. The maximum Gasteiger partial charge on any atom is 0.347 e. The molecule has 0 fully saturated rings. The zero-order valence-electron chi connectivity index (χ0n) is 13.5. The highest BCUT2D eigenvalue weighted by Gasteiger charge is 2.13. The smallest absolute Gasteiger partial charge is 0.347 e. The molecule has 1 aromatic heterocycles. The maximum absolute atomic E-state index is 12.1. The van der Waals surface area contributed by atoms with Crippen LogP contribution in [0.15, 0.2) is 67.3 Å². The second kappa shape index (κ2) is 7.38. The van der Waals surface area contributed by atoms with Crippen LogP contribution in [0.2, 0.25) is 0 Å². The third-order valence-corrected chi connectivity index (χ3v) is 4.06. The number of carbonyl (C=O) groups is 1. The van der Waals surface area contributed by atoms with Crippen molar-refractivity contribution >= 4 is 44.3 Å². The molecule has 27 heavy (non-hydrogen) atoms. The lowest BCUT2D eigenvalue weighted by Gasteiger charge is -2.04. The Hall–Kier alpha value is -3.53.